The van der Waals surface area contributed by atoms with E-state index in [1.165, 1.54) is 6.26 Å². The van der Waals surface area contributed by atoms with Crippen molar-refractivity contribution in [3.63, 3.8) is 0 Å². The van der Waals surface area contributed by atoms with Crippen molar-refractivity contribution in [3.8, 4) is 0 Å². The molecule has 1 unspecified atom stereocenters. The summed E-state index contributed by atoms with van der Waals surface area (Å²) in [4.78, 5) is 2.25. The highest BCUT2D eigenvalue weighted by Gasteiger charge is 2.32. The third kappa shape index (κ3) is 4.49. The summed E-state index contributed by atoms with van der Waals surface area (Å²) in [5.74, 6) is 0.280. The molecule has 0 aromatic carbocycles. The highest BCUT2D eigenvalue weighted by atomic mass is 32.2. The predicted octanol–water partition coefficient (Wildman–Crippen LogP) is -0.0376. The number of sulfone groups is 1. The number of nitrogens with zero attached hydrogens (tertiary/aromatic N) is 1. The first-order valence-electron chi connectivity index (χ1n) is 5.39. The minimum atomic E-state index is -2.82. The Bertz CT molecular complexity index is 303. The summed E-state index contributed by atoms with van der Waals surface area (Å²) in [6, 6.07) is 0. The first-order chi connectivity index (χ1) is 6.85. The fraction of sp³-hybridized carbons (Fsp3) is 1.00. The van der Waals surface area contributed by atoms with Crippen LogP contribution in [0.1, 0.15) is 13.3 Å². The van der Waals surface area contributed by atoms with Crippen LogP contribution in [0.5, 0.6) is 0 Å². The maximum Gasteiger partial charge on any atom is 0.148 e. The molecule has 1 rings (SSSR count). The molecule has 4 nitrogen and oxygen atoms in total. The van der Waals surface area contributed by atoms with Crippen molar-refractivity contribution in [2.45, 2.75) is 13.3 Å². The molecule has 0 aromatic rings. The largest absolute Gasteiger partial charge is 0.319 e. The second-order valence-corrected chi connectivity index (χ2v) is 7.26. The minimum Gasteiger partial charge on any atom is -0.319 e. The summed E-state index contributed by atoms with van der Waals surface area (Å²) in [6.45, 7) is 5.96. The van der Waals surface area contributed by atoms with Crippen molar-refractivity contribution < 1.29 is 8.42 Å². The Morgan fingerprint density at radius 2 is 2.13 bits per heavy atom. The molecule has 0 saturated carbocycles. The monoisotopic (exact) mass is 234 g/mol. The van der Waals surface area contributed by atoms with Crippen LogP contribution in [0.4, 0.5) is 0 Å². The smallest absolute Gasteiger partial charge is 0.148 e. The zero-order valence-electron chi connectivity index (χ0n) is 9.91. The summed E-state index contributed by atoms with van der Waals surface area (Å²) in [6.07, 6.45) is 2.45. The quantitative estimate of drug-likeness (QED) is 0.725. The average molecular weight is 234 g/mol. The predicted molar refractivity (Wildman–Crippen MR) is 62.8 cm³/mol. The average Bonchev–Trinajstić information content (AvgIpc) is 2.44. The molecule has 0 aliphatic carbocycles. The number of nitrogens with one attached hydrogen (secondary N) is 1. The van der Waals surface area contributed by atoms with Crippen LogP contribution in [0.3, 0.4) is 0 Å². The van der Waals surface area contributed by atoms with Crippen LogP contribution >= 0.6 is 0 Å². The summed E-state index contributed by atoms with van der Waals surface area (Å²) in [5.41, 5.74) is 0.312. The van der Waals surface area contributed by atoms with Gasteiger partial charge in [0.15, 0.2) is 0 Å². The van der Waals surface area contributed by atoms with Gasteiger partial charge in [-0.1, -0.05) is 6.92 Å². The fourth-order valence-corrected chi connectivity index (χ4v) is 2.77. The molecule has 90 valence electrons. The Hall–Kier alpha value is -0.130. The van der Waals surface area contributed by atoms with E-state index in [0.717, 1.165) is 26.1 Å². The van der Waals surface area contributed by atoms with Gasteiger partial charge in [0.1, 0.15) is 9.84 Å². The number of hydrogen-bond donors (Lipinski definition) is 1. The molecule has 0 spiro atoms. The normalized spacial score (nSPS) is 28.5. The van der Waals surface area contributed by atoms with Crippen LogP contribution < -0.4 is 5.32 Å². The Morgan fingerprint density at radius 1 is 1.47 bits per heavy atom. The molecule has 0 amide bonds. The summed E-state index contributed by atoms with van der Waals surface area (Å²) in [7, 11) is -0.856. The van der Waals surface area contributed by atoms with Gasteiger partial charge >= 0.3 is 0 Å². The molecule has 1 heterocycles. The number of likely N-dealkylation sites (tertiary alicyclic amines) is 1. The Morgan fingerprint density at radius 3 is 2.67 bits per heavy atom. The van der Waals surface area contributed by atoms with Crippen molar-refractivity contribution in [2.75, 3.05) is 45.2 Å². The van der Waals surface area contributed by atoms with Crippen molar-refractivity contribution in [2.24, 2.45) is 5.41 Å². The van der Waals surface area contributed by atoms with Crippen LogP contribution in [0.15, 0.2) is 0 Å². The van der Waals surface area contributed by atoms with E-state index < -0.39 is 9.84 Å². The van der Waals surface area contributed by atoms with Gasteiger partial charge in [-0.05, 0) is 25.4 Å². The molecule has 1 saturated heterocycles. The lowest BCUT2D eigenvalue weighted by Gasteiger charge is -2.24. The summed E-state index contributed by atoms with van der Waals surface area (Å²) < 4.78 is 22.1. The SMILES string of the molecule is CNCC1(C)CCN(CCS(C)(=O)=O)C1. The van der Waals surface area contributed by atoms with E-state index in [1.54, 1.807) is 0 Å². The van der Waals surface area contributed by atoms with Crippen LogP contribution in [0.2, 0.25) is 0 Å². The molecule has 1 atom stereocenters. The molecular formula is C10H22N2O2S. The summed E-state index contributed by atoms with van der Waals surface area (Å²) >= 11 is 0. The molecular weight excluding hydrogens is 212 g/mol. The third-order valence-corrected chi connectivity index (χ3v) is 3.94. The summed E-state index contributed by atoms with van der Waals surface area (Å²) in [5, 5.41) is 3.20. The van der Waals surface area contributed by atoms with Crippen LogP contribution in [0.25, 0.3) is 0 Å². The lowest BCUT2D eigenvalue weighted by Crippen LogP contribution is -2.34. The Kier molecular flexibility index (Phi) is 4.14. The van der Waals surface area contributed by atoms with E-state index in [4.69, 9.17) is 0 Å². The van der Waals surface area contributed by atoms with E-state index in [2.05, 4.69) is 17.1 Å². The maximum absolute atomic E-state index is 11.0. The van der Waals surface area contributed by atoms with Gasteiger partial charge in [-0.3, -0.25) is 0 Å². The van der Waals surface area contributed by atoms with E-state index in [1.807, 2.05) is 7.05 Å². The van der Waals surface area contributed by atoms with Gasteiger partial charge in [-0.2, -0.15) is 0 Å². The molecule has 0 aromatic heterocycles. The van der Waals surface area contributed by atoms with E-state index in [-0.39, 0.29) is 5.75 Å². The zero-order chi connectivity index (χ0) is 11.5. The van der Waals surface area contributed by atoms with Gasteiger partial charge < -0.3 is 10.2 Å². The van der Waals surface area contributed by atoms with E-state index in [0.29, 0.717) is 12.0 Å². The Labute approximate surface area is 93.0 Å². The van der Waals surface area contributed by atoms with Gasteiger partial charge in [0.05, 0.1) is 5.75 Å². The molecule has 0 bridgehead atoms. The molecule has 1 aliphatic heterocycles. The maximum atomic E-state index is 11.0. The minimum absolute atomic E-state index is 0.280. The van der Waals surface area contributed by atoms with Crippen molar-refractivity contribution >= 4 is 9.84 Å². The first kappa shape index (κ1) is 12.9. The lowest BCUT2D eigenvalue weighted by molar-refractivity contribution is 0.280. The van der Waals surface area contributed by atoms with Gasteiger partial charge in [-0.15, -0.1) is 0 Å². The topological polar surface area (TPSA) is 49.4 Å². The Balaban J connectivity index is 2.37. The van der Waals surface area contributed by atoms with Crippen molar-refractivity contribution in [1.29, 1.82) is 0 Å². The molecule has 15 heavy (non-hydrogen) atoms. The zero-order valence-corrected chi connectivity index (χ0v) is 10.7. The van der Waals surface area contributed by atoms with Gasteiger partial charge in [0.2, 0.25) is 0 Å². The molecule has 1 N–H and O–H groups in total. The fourth-order valence-electron chi connectivity index (χ4n) is 2.18. The van der Waals surface area contributed by atoms with Crippen molar-refractivity contribution in [3.05, 3.63) is 0 Å². The molecule has 0 radical (unpaired) electrons. The van der Waals surface area contributed by atoms with E-state index in [9.17, 15) is 8.42 Å². The third-order valence-electron chi connectivity index (χ3n) is 3.02. The lowest BCUT2D eigenvalue weighted by atomic mass is 9.90. The number of rotatable bonds is 5. The van der Waals surface area contributed by atoms with E-state index >= 15 is 0 Å². The molecule has 1 fully saturated rings. The van der Waals surface area contributed by atoms with Crippen LogP contribution in [-0.2, 0) is 9.84 Å². The molecule has 1 aliphatic rings. The highest BCUT2D eigenvalue weighted by molar-refractivity contribution is 7.90. The van der Waals surface area contributed by atoms with Gasteiger partial charge in [0.25, 0.3) is 0 Å². The standard InChI is InChI=1S/C10H22N2O2S/c1-10(8-11-2)4-5-12(9-10)6-7-15(3,13)14/h11H,4-9H2,1-3H3. The van der Waals surface area contributed by atoms with Crippen molar-refractivity contribution in [1.82, 2.24) is 10.2 Å². The van der Waals surface area contributed by atoms with Gasteiger partial charge in [-0.25, -0.2) is 8.42 Å². The second-order valence-electron chi connectivity index (χ2n) is 5.00. The van der Waals surface area contributed by atoms with Crippen LogP contribution in [0, 0.1) is 5.41 Å². The molecule has 5 heteroatoms. The van der Waals surface area contributed by atoms with Crippen LogP contribution in [-0.4, -0.2) is 58.6 Å². The number of hydrogen-bond acceptors (Lipinski definition) is 4. The first-order valence-corrected chi connectivity index (χ1v) is 7.45. The van der Waals surface area contributed by atoms with Gasteiger partial charge in [0, 0.05) is 25.9 Å². The second kappa shape index (κ2) is 4.80. The highest BCUT2D eigenvalue weighted by Crippen LogP contribution is 2.28.